The van der Waals surface area contributed by atoms with Gasteiger partial charge in [0.05, 0.1) is 16.4 Å². The number of hydrogen-bond donors (Lipinski definition) is 1. The standard InChI is InChI=1S/C32H20N2O3/c35-24-15-17-25-26-16-14-22(18-30(26)37-32(36)27(25)19-24)20-10-12-21(13-11-20)31-33-28-8-4-5-9-29(28)34(31)23-6-2-1-3-7-23/h1-19,35H. The monoisotopic (exact) mass is 480 g/mol. The Hall–Kier alpha value is -5.16. The minimum Gasteiger partial charge on any atom is -0.508 e. The molecule has 0 bridgehead atoms. The Balaban J connectivity index is 1.33. The Labute approximate surface area is 211 Å². The molecule has 0 fully saturated rings. The number of aromatic hydroxyl groups is 1. The van der Waals surface area contributed by atoms with Gasteiger partial charge in [0.2, 0.25) is 0 Å². The van der Waals surface area contributed by atoms with Crippen molar-refractivity contribution < 1.29 is 9.52 Å². The van der Waals surface area contributed by atoms with Gasteiger partial charge in [0.15, 0.2) is 0 Å². The van der Waals surface area contributed by atoms with Crippen LogP contribution in [0.1, 0.15) is 0 Å². The van der Waals surface area contributed by atoms with Crippen molar-refractivity contribution in [2.75, 3.05) is 0 Å². The van der Waals surface area contributed by atoms with E-state index in [0.29, 0.717) is 11.0 Å². The normalized spacial score (nSPS) is 11.5. The molecule has 2 heterocycles. The summed E-state index contributed by atoms with van der Waals surface area (Å²) in [5, 5.41) is 11.7. The third kappa shape index (κ3) is 3.48. The van der Waals surface area contributed by atoms with Gasteiger partial charge in [-0.15, -0.1) is 0 Å². The number of aromatic nitrogens is 2. The topological polar surface area (TPSA) is 68.3 Å². The van der Waals surface area contributed by atoms with Gasteiger partial charge < -0.3 is 9.52 Å². The van der Waals surface area contributed by atoms with Crippen LogP contribution in [0.25, 0.3) is 61.0 Å². The molecule has 0 radical (unpaired) electrons. The largest absolute Gasteiger partial charge is 0.508 e. The summed E-state index contributed by atoms with van der Waals surface area (Å²) in [5.74, 6) is 0.912. The van der Waals surface area contributed by atoms with Crippen molar-refractivity contribution in [1.29, 1.82) is 0 Å². The van der Waals surface area contributed by atoms with Crippen LogP contribution in [0.15, 0.2) is 124 Å². The summed E-state index contributed by atoms with van der Waals surface area (Å²) in [6.07, 6.45) is 0. The molecule has 0 amide bonds. The van der Waals surface area contributed by atoms with Gasteiger partial charge in [0.25, 0.3) is 0 Å². The summed E-state index contributed by atoms with van der Waals surface area (Å²) < 4.78 is 7.78. The molecule has 0 saturated heterocycles. The zero-order valence-electron chi connectivity index (χ0n) is 19.6. The summed E-state index contributed by atoms with van der Waals surface area (Å²) in [4.78, 5) is 17.5. The van der Waals surface area contributed by atoms with Gasteiger partial charge in [-0.3, -0.25) is 4.57 Å². The lowest BCUT2D eigenvalue weighted by Crippen LogP contribution is -1.99. The maximum atomic E-state index is 12.5. The molecule has 0 aliphatic heterocycles. The molecular weight excluding hydrogens is 460 g/mol. The highest BCUT2D eigenvalue weighted by Gasteiger charge is 2.15. The first-order valence-corrected chi connectivity index (χ1v) is 12.0. The van der Waals surface area contributed by atoms with Crippen LogP contribution in [-0.4, -0.2) is 14.7 Å². The van der Waals surface area contributed by atoms with Crippen molar-refractivity contribution in [3.8, 4) is 34.0 Å². The molecule has 37 heavy (non-hydrogen) atoms. The molecule has 0 unspecified atom stereocenters. The Kier molecular flexibility index (Phi) is 4.69. The molecule has 7 rings (SSSR count). The van der Waals surface area contributed by atoms with Crippen LogP contribution in [0.2, 0.25) is 0 Å². The van der Waals surface area contributed by atoms with Crippen LogP contribution in [0.5, 0.6) is 5.75 Å². The van der Waals surface area contributed by atoms with Crippen molar-refractivity contribution in [3.63, 3.8) is 0 Å². The molecule has 5 nitrogen and oxygen atoms in total. The fourth-order valence-corrected chi connectivity index (χ4v) is 4.97. The summed E-state index contributed by atoms with van der Waals surface area (Å²) in [6, 6.07) is 37.3. The van der Waals surface area contributed by atoms with Gasteiger partial charge in [-0.2, -0.15) is 0 Å². The highest BCUT2D eigenvalue weighted by molar-refractivity contribution is 6.05. The lowest BCUT2D eigenvalue weighted by molar-refractivity contribution is 0.475. The number of fused-ring (bicyclic) bond motifs is 4. The molecular formula is C32H20N2O3. The van der Waals surface area contributed by atoms with Crippen LogP contribution in [0.4, 0.5) is 0 Å². The number of nitrogens with zero attached hydrogens (tertiary/aromatic N) is 2. The molecule has 0 aliphatic carbocycles. The molecule has 1 N–H and O–H groups in total. The zero-order valence-corrected chi connectivity index (χ0v) is 19.6. The first kappa shape index (κ1) is 21.1. The molecule has 0 saturated carbocycles. The summed E-state index contributed by atoms with van der Waals surface area (Å²) in [7, 11) is 0. The number of hydrogen-bond acceptors (Lipinski definition) is 4. The third-order valence-corrected chi connectivity index (χ3v) is 6.75. The minimum absolute atomic E-state index is 0.0386. The fraction of sp³-hybridized carbons (Fsp3) is 0. The molecule has 176 valence electrons. The summed E-state index contributed by atoms with van der Waals surface area (Å²) in [6.45, 7) is 0. The average molecular weight is 481 g/mol. The summed E-state index contributed by atoms with van der Waals surface area (Å²) in [5.41, 5.74) is 6.04. The molecule has 5 aromatic carbocycles. The lowest BCUT2D eigenvalue weighted by Gasteiger charge is -2.10. The SMILES string of the molecule is O=c1oc2cc(-c3ccc(-c4nc5ccccc5n4-c4ccccc4)cc3)ccc2c2ccc(O)cc12. The van der Waals surface area contributed by atoms with E-state index in [-0.39, 0.29) is 5.75 Å². The van der Waals surface area contributed by atoms with E-state index in [1.807, 2.05) is 54.6 Å². The quantitative estimate of drug-likeness (QED) is 0.212. The maximum Gasteiger partial charge on any atom is 0.344 e. The minimum atomic E-state index is -0.467. The van der Waals surface area contributed by atoms with Crippen molar-refractivity contribution in [1.82, 2.24) is 9.55 Å². The van der Waals surface area contributed by atoms with E-state index in [9.17, 15) is 9.90 Å². The second-order valence-electron chi connectivity index (χ2n) is 9.00. The van der Waals surface area contributed by atoms with Gasteiger partial charge >= 0.3 is 5.63 Å². The van der Waals surface area contributed by atoms with E-state index in [2.05, 4.69) is 47.0 Å². The van der Waals surface area contributed by atoms with Gasteiger partial charge in [-0.25, -0.2) is 9.78 Å². The molecule has 0 atom stereocenters. The van der Waals surface area contributed by atoms with Crippen LogP contribution in [0, 0.1) is 0 Å². The van der Waals surface area contributed by atoms with Gasteiger partial charge in [0.1, 0.15) is 17.2 Å². The van der Waals surface area contributed by atoms with E-state index in [1.54, 1.807) is 12.1 Å². The number of benzene rings is 5. The highest BCUT2D eigenvalue weighted by atomic mass is 16.4. The Morgan fingerprint density at radius 3 is 2.19 bits per heavy atom. The van der Waals surface area contributed by atoms with Crippen molar-refractivity contribution in [3.05, 3.63) is 126 Å². The van der Waals surface area contributed by atoms with Crippen LogP contribution < -0.4 is 5.63 Å². The predicted molar refractivity (Wildman–Crippen MR) is 147 cm³/mol. The molecule has 2 aromatic heterocycles. The second-order valence-corrected chi connectivity index (χ2v) is 9.00. The number of para-hydroxylation sites is 3. The van der Waals surface area contributed by atoms with Crippen molar-refractivity contribution >= 4 is 32.8 Å². The maximum absolute atomic E-state index is 12.5. The number of imidazole rings is 1. The summed E-state index contributed by atoms with van der Waals surface area (Å²) >= 11 is 0. The Bertz CT molecular complexity index is 2000. The van der Waals surface area contributed by atoms with E-state index in [0.717, 1.165) is 50.0 Å². The smallest absolute Gasteiger partial charge is 0.344 e. The Morgan fingerprint density at radius 1 is 0.649 bits per heavy atom. The lowest BCUT2D eigenvalue weighted by atomic mass is 10.0. The predicted octanol–water partition coefficient (Wildman–Crippen LogP) is 7.32. The van der Waals surface area contributed by atoms with E-state index in [4.69, 9.17) is 9.40 Å². The first-order valence-electron chi connectivity index (χ1n) is 12.0. The van der Waals surface area contributed by atoms with Crippen molar-refractivity contribution in [2.24, 2.45) is 0 Å². The average Bonchev–Trinajstić information content (AvgIpc) is 3.33. The highest BCUT2D eigenvalue weighted by Crippen LogP contribution is 2.32. The number of rotatable bonds is 3. The number of phenols is 1. The van der Waals surface area contributed by atoms with Gasteiger partial charge in [-0.1, -0.05) is 60.7 Å². The second kappa shape index (κ2) is 8.21. The molecule has 7 aromatic rings. The zero-order chi connectivity index (χ0) is 24.9. The molecule has 5 heteroatoms. The molecule has 0 aliphatic rings. The number of phenolic OH excluding ortho intramolecular Hbond substituents is 1. The van der Waals surface area contributed by atoms with E-state index < -0.39 is 5.63 Å². The van der Waals surface area contributed by atoms with Gasteiger partial charge in [-0.05, 0) is 65.7 Å². The third-order valence-electron chi connectivity index (χ3n) is 6.75. The van der Waals surface area contributed by atoms with Crippen LogP contribution >= 0.6 is 0 Å². The van der Waals surface area contributed by atoms with Crippen LogP contribution in [0.3, 0.4) is 0 Å². The first-order chi connectivity index (χ1) is 18.2. The van der Waals surface area contributed by atoms with Crippen molar-refractivity contribution in [2.45, 2.75) is 0 Å². The fourth-order valence-electron chi connectivity index (χ4n) is 4.97. The van der Waals surface area contributed by atoms with E-state index >= 15 is 0 Å². The van der Waals surface area contributed by atoms with Gasteiger partial charge in [0, 0.05) is 22.0 Å². The van der Waals surface area contributed by atoms with E-state index in [1.165, 1.54) is 6.07 Å². The Morgan fingerprint density at radius 2 is 1.35 bits per heavy atom. The van der Waals surface area contributed by atoms with Crippen LogP contribution in [-0.2, 0) is 0 Å². The molecule has 0 spiro atoms.